The third-order valence-electron chi connectivity index (χ3n) is 4.80. The van der Waals surface area contributed by atoms with E-state index in [1.807, 2.05) is 18.4 Å². The number of nitrogens with one attached hydrogen (secondary N) is 1. The number of hydrogen-bond acceptors (Lipinski definition) is 7. The molecule has 1 saturated carbocycles. The third kappa shape index (κ3) is 3.97. The van der Waals surface area contributed by atoms with Gasteiger partial charge in [-0.15, -0.1) is 22.7 Å². The van der Waals surface area contributed by atoms with E-state index in [0.717, 1.165) is 29.7 Å². The second-order valence-electron chi connectivity index (χ2n) is 6.90. The molecule has 1 amide bonds. The largest absolute Gasteiger partial charge is 0.462 e. The van der Waals surface area contributed by atoms with Gasteiger partial charge in [0, 0.05) is 4.88 Å². The molecule has 0 saturated heterocycles. The van der Waals surface area contributed by atoms with Crippen LogP contribution in [0.2, 0.25) is 0 Å². The van der Waals surface area contributed by atoms with Gasteiger partial charge in [-0.3, -0.25) is 14.2 Å². The van der Waals surface area contributed by atoms with Gasteiger partial charge in [-0.2, -0.15) is 0 Å². The fraction of sp³-hybridized carbons (Fsp3) is 0.400. The molecule has 0 aromatic carbocycles. The van der Waals surface area contributed by atoms with E-state index < -0.39 is 5.97 Å². The highest BCUT2D eigenvalue weighted by atomic mass is 32.1. The zero-order chi connectivity index (χ0) is 20.5. The van der Waals surface area contributed by atoms with Crippen LogP contribution in [-0.4, -0.2) is 28.0 Å². The van der Waals surface area contributed by atoms with E-state index in [0.29, 0.717) is 26.7 Å². The minimum atomic E-state index is -0.420. The van der Waals surface area contributed by atoms with Crippen LogP contribution in [0.25, 0.3) is 10.2 Å². The molecular weight excluding hydrogens is 410 g/mol. The number of anilines is 1. The topological polar surface area (TPSA) is 90.3 Å². The number of hydrogen-bond donors (Lipinski definition) is 1. The molecule has 4 rings (SSSR count). The predicted molar refractivity (Wildman–Crippen MR) is 114 cm³/mol. The van der Waals surface area contributed by atoms with Gasteiger partial charge in [0.2, 0.25) is 5.91 Å². The molecule has 0 aliphatic heterocycles. The number of amides is 1. The van der Waals surface area contributed by atoms with Gasteiger partial charge in [0.1, 0.15) is 16.4 Å². The fourth-order valence-electron chi connectivity index (χ4n) is 3.19. The lowest BCUT2D eigenvalue weighted by Gasteiger charge is -2.09. The second-order valence-corrected chi connectivity index (χ2v) is 8.90. The first kappa shape index (κ1) is 19.8. The zero-order valence-corrected chi connectivity index (χ0v) is 17.8. The number of ether oxygens (including phenoxy) is 1. The average Bonchev–Trinajstić information content (AvgIpc) is 3.31. The van der Waals surface area contributed by atoms with Crippen molar-refractivity contribution in [2.45, 2.75) is 45.6 Å². The Morgan fingerprint density at radius 1 is 1.34 bits per heavy atom. The summed E-state index contributed by atoms with van der Waals surface area (Å²) in [7, 11) is 0. The van der Waals surface area contributed by atoms with Gasteiger partial charge in [-0.1, -0.05) is 6.92 Å². The molecule has 3 aromatic rings. The van der Waals surface area contributed by atoms with Gasteiger partial charge in [-0.25, -0.2) is 9.78 Å². The van der Waals surface area contributed by atoms with Crippen molar-refractivity contribution in [2.75, 3.05) is 11.9 Å². The van der Waals surface area contributed by atoms with E-state index in [-0.39, 0.29) is 24.6 Å². The normalized spacial score (nSPS) is 13.6. The molecule has 1 N–H and O–H groups in total. The molecule has 0 atom stereocenters. The number of nitrogens with zero attached hydrogens (tertiary/aromatic N) is 2. The summed E-state index contributed by atoms with van der Waals surface area (Å²) in [5.74, 6) is -0.442. The Bertz CT molecular complexity index is 1140. The van der Waals surface area contributed by atoms with Crippen LogP contribution in [0.5, 0.6) is 0 Å². The Labute approximate surface area is 175 Å². The SMILES string of the molecule is CCOC(=O)c1c(C2CC2)csc1NC(=O)Cn1cnc2sc(CC)cc2c1=O. The van der Waals surface area contributed by atoms with Crippen molar-refractivity contribution < 1.29 is 14.3 Å². The van der Waals surface area contributed by atoms with E-state index >= 15 is 0 Å². The van der Waals surface area contributed by atoms with Gasteiger partial charge >= 0.3 is 5.97 Å². The van der Waals surface area contributed by atoms with Crippen molar-refractivity contribution >= 4 is 49.8 Å². The Hall–Kier alpha value is -2.52. The van der Waals surface area contributed by atoms with E-state index in [1.165, 1.54) is 33.6 Å². The number of aryl methyl sites for hydroxylation is 1. The second kappa shape index (κ2) is 8.08. The number of carbonyl (C=O) groups is 2. The summed E-state index contributed by atoms with van der Waals surface area (Å²) in [5, 5.41) is 5.70. The van der Waals surface area contributed by atoms with E-state index in [4.69, 9.17) is 4.74 Å². The number of thiophene rings is 2. The average molecular weight is 432 g/mol. The van der Waals surface area contributed by atoms with E-state index in [1.54, 1.807) is 6.92 Å². The molecule has 7 nitrogen and oxygen atoms in total. The Kier molecular flexibility index (Phi) is 5.51. The Balaban J connectivity index is 1.56. The van der Waals surface area contributed by atoms with Crippen LogP contribution in [0.4, 0.5) is 5.00 Å². The van der Waals surface area contributed by atoms with Crippen LogP contribution in [0.1, 0.15) is 53.4 Å². The summed E-state index contributed by atoms with van der Waals surface area (Å²) in [5.41, 5.74) is 1.14. The van der Waals surface area contributed by atoms with Crippen molar-refractivity contribution in [3.05, 3.63) is 44.1 Å². The fourth-order valence-corrected chi connectivity index (χ4v) is 5.16. The molecular formula is C20H21N3O4S2. The Morgan fingerprint density at radius 3 is 2.83 bits per heavy atom. The van der Waals surface area contributed by atoms with Gasteiger partial charge in [0.05, 0.1) is 23.9 Å². The molecule has 3 heterocycles. The molecule has 29 heavy (non-hydrogen) atoms. The first-order chi connectivity index (χ1) is 14.0. The van der Waals surface area contributed by atoms with Gasteiger partial charge in [0.25, 0.3) is 5.56 Å². The third-order valence-corrected chi connectivity index (χ3v) is 6.90. The van der Waals surface area contributed by atoms with Crippen LogP contribution in [-0.2, 0) is 22.5 Å². The number of esters is 1. The van der Waals surface area contributed by atoms with Gasteiger partial charge in [-0.05, 0) is 49.1 Å². The molecule has 3 aromatic heterocycles. The molecule has 1 aliphatic carbocycles. The van der Waals surface area contributed by atoms with Crippen LogP contribution in [0.15, 0.2) is 22.6 Å². The molecule has 1 aliphatic rings. The van der Waals surface area contributed by atoms with E-state index in [2.05, 4.69) is 10.3 Å². The Morgan fingerprint density at radius 2 is 2.14 bits per heavy atom. The molecule has 0 spiro atoms. The summed E-state index contributed by atoms with van der Waals surface area (Å²) in [6.07, 6.45) is 4.31. The molecule has 0 bridgehead atoms. The lowest BCUT2D eigenvalue weighted by molar-refractivity contribution is -0.116. The van der Waals surface area contributed by atoms with Crippen LogP contribution in [0, 0.1) is 0 Å². The summed E-state index contributed by atoms with van der Waals surface area (Å²) in [6, 6.07) is 1.84. The molecule has 1 fully saturated rings. The summed E-state index contributed by atoms with van der Waals surface area (Å²) in [4.78, 5) is 43.8. The predicted octanol–water partition coefficient (Wildman–Crippen LogP) is 3.77. The monoisotopic (exact) mass is 431 g/mol. The van der Waals surface area contributed by atoms with Crippen LogP contribution < -0.4 is 10.9 Å². The first-order valence-electron chi connectivity index (χ1n) is 9.58. The summed E-state index contributed by atoms with van der Waals surface area (Å²) < 4.78 is 6.47. The molecule has 0 radical (unpaired) electrons. The van der Waals surface area contributed by atoms with E-state index in [9.17, 15) is 14.4 Å². The maximum Gasteiger partial charge on any atom is 0.341 e. The van der Waals surface area contributed by atoms with Crippen LogP contribution >= 0.6 is 22.7 Å². The van der Waals surface area contributed by atoms with Gasteiger partial charge in [0.15, 0.2) is 0 Å². The highest BCUT2D eigenvalue weighted by molar-refractivity contribution is 7.18. The number of aromatic nitrogens is 2. The molecule has 152 valence electrons. The summed E-state index contributed by atoms with van der Waals surface area (Å²) in [6.45, 7) is 3.88. The minimum absolute atomic E-state index is 0.169. The lowest BCUT2D eigenvalue weighted by Crippen LogP contribution is -2.27. The first-order valence-corrected chi connectivity index (χ1v) is 11.3. The highest BCUT2D eigenvalue weighted by Crippen LogP contribution is 2.46. The highest BCUT2D eigenvalue weighted by Gasteiger charge is 2.32. The quantitative estimate of drug-likeness (QED) is 0.575. The maximum absolute atomic E-state index is 12.7. The molecule has 0 unspecified atom stereocenters. The van der Waals surface area contributed by atoms with Crippen LogP contribution in [0.3, 0.4) is 0 Å². The minimum Gasteiger partial charge on any atom is -0.462 e. The summed E-state index contributed by atoms with van der Waals surface area (Å²) >= 11 is 2.80. The zero-order valence-electron chi connectivity index (χ0n) is 16.2. The van der Waals surface area contributed by atoms with Crippen molar-refractivity contribution in [3.63, 3.8) is 0 Å². The molecule has 9 heteroatoms. The number of rotatable bonds is 7. The number of carbonyl (C=O) groups excluding carboxylic acids is 2. The van der Waals surface area contributed by atoms with Crippen molar-refractivity contribution in [2.24, 2.45) is 0 Å². The van der Waals surface area contributed by atoms with Crippen molar-refractivity contribution in [3.8, 4) is 0 Å². The lowest BCUT2D eigenvalue weighted by atomic mass is 10.1. The maximum atomic E-state index is 12.7. The standard InChI is InChI=1S/C20H21N3O4S2/c1-3-12-7-13-17(29-12)21-10-23(19(13)25)8-15(24)22-18-16(20(26)27-4-2)14(9-28-18)11-5-6-11/h7,9-11H,3-6,8H2,1-2H3,(H,22,24). The van der Waals surface area contributed by atoms with Crippen molar-refractivity contribution in [1.82, 2.24) is 9.55 Å². The van der Waals surface area contributed by atoms with Gasteiger partial charge < -0.3 is 10.1 Å². The number of fused-ring (bicyclic) bond motifs is 1. The smallest absolute Gasteiger partial charge is 0.341 e. The van der Waals surface area contributed by atoms with Crippen molar-refractivity contribution in [1.29, 1.82) is 0 Å².